The molecule has 0 spiro atoms. The Labute approximate surface area is 55.9 Å². The van der Waals surface area contributed by atoms with Gasteiger partial charge in [-0.2, -0.15) is 9.37 Å². The average molecular weight is 144 g/mol. The molecule has 0 aromatic carbocycles. The van der Waals surface area contributed by atoms with Gasteiger partial charge in [-0.05, 0) is 0 Å². The summed E-state index contributed by atoms with van der Waals surface area (Å²) >= 11 is 0. The van der Waals surface area contributed by atoms with Crippen LogP contribution >= 0.6 is 0 Å². The second-order valence-corrected chi connectivity index (χ2v) is 1.81. The lowest BCUT2D eigenvalue weighted by Gasteiger charge is -1.83. The van der Waals surface area contributed by atoms with Gasteiger partial charge in [-0.15, -0.1) is 0 Å². The molecule has 1 N–H and O–H groups in total. The quantitative estimate of drug-likeness (QED) is 0.615. The van der Waals surface area contributed by atoms with Gasteiger partial charge in [0.25, 0.3) is 6.08 Å². The minimum absolute atomic E-state index is 0.278. The summed E-state index contributed by atoms with van der Waals surface area (Å²) in [6, 6.07) is 0. The van der Waals surface area contributed by atoms with Crippen LogP contribution in [0.25, 0.3) is 0 Å². The number of aryl methyl sites for hydroxylation is 1. The van der Waals surface area contributed by atoms with Gasteiger partial charge in [-0.25, -0.2) is 4.79 Å². The van der Waals surface area contributed by atoms with Crippen LogP contribution in [0.3, 0.4) is 0 Å². The predicted octanol–water partition coefficient (Wildman–Crippen LogP) is 0.257. The molecule has 1 aromatic rings. The van der Waals surface area contributed by atoms with Crippen LogP contribution in [0.4, 0.5) is 4.39 Å². The fourth-order valence-corrected chi connectivity index (χ4v) is 0.547. The van der Waals surface area contributed by atoms with Crippen LogP contribution in [-0.4, -0.2) is 20.6 Å². The molecule has 4 nitrogen and oxygen atoms in total. The van der Waals surface area contributed by atoms with Crippen molar-refractivity contribution in [1.29, 1.82) is 0 Å². The van der Waals surface area contributed by atoms with Crippen LogP contribution in [0, 0.1) is 6.08 Å². The van der Waals surface area contributed by atoms with E-state index in [1.165, 1.54) is 7.05 Å². The third-order valence-electron chi connectivity index (χ3n) is 1.04. The van der Waals surface area contributed by atoms with Crippen molar-refractivity contribution in [3.05, 3.63) is 18.0 Å². The van der Waals surface area contributed by atoms with Crippen molar-refractivity contribution in [3.63, 3.8) is 0 Å². The van der Waals surface area contributed by atoms with Crippen molar-refractivity contribution < 1.29 is 14.3 Å². The summed E-state index contributed by atoms with van der Waals surface area (Å²) in [5, 5.41) is 8.28. The third kappa shape index (κ3) is 0.975. The number of aromatic nitrogens is 2. The minimum Gasteiger partial charge on any atom is -0.476 e. The molecular weight excluding hydrogens is 139 g/mol. The highest BCUT2D eigenvalue weighted by Gasteiger charge is 2.09. The van der Waals surface area contributed by atoms with Gasteiger partial charge in [0.2, 0.25) is 0 Å². The molecule has 10 heavy (non-hydrogen) atoms. The monoisotopic (exact) mass is 144 g/mol. The Morgan fingerprint density at radius 1 is 1.90 bits per heavy atom. The smallest absolute Gasteiger partial charge is 0.356 e. The summed E-state index contributed by atoms with van der Waals surface area (Å²) in [5.74, 6) is -1.22. The molecule has 1 aromatic heterocycles. The van der Waals surface area contributed by atoms with Gasteiger partial charge in [0.1, 0.15) is 0 Å². The number of carbonyl (C=O) groups is 1. The van der Waals surface area contributed by atoms with E-state index in [-0.39, 0.29) is 5.69 Å². The molecule has 0 saturated carbocycles. The number of halogens is 1. The first-order valence-electron chi connectivity index (χ1n) is 2.53. The molecule has 0 aliphatic carbocycles. The summed E-state index contributed by atoms with van der Waals surface area (Å²) in [5.41, 5.74) is -0.278. The van der Waals surface area contributed by atoms with Gasteiger partial charge < -0.3 is 9.67 Å². The molecule has 0 aliphatic heterocycles. The van der Waals surface area contributed by atoms with Gasteiger partial charge in [-0.3, -0.25) is 0 Å². The Balaban J connectivity index is 3.10. The zero-order valence-electron chi connectivity index (χ0n) is 5.21. The Kier molecular flexibility index (Phi) is 1.41. The Bertz CT molecular complexity index is 249. The Morgan fingerprint density at radius 3 is 2.70 bits per heavy atom. The number of nitrogens with zero attached hydrogens (tertiary/aromatic N) is 2. The van der Waals surface area contributed by atoms with Crippen molar-refractivity contribution in [1.82, 2.24) is 9.55 Å². The summed E-state index contributed by atoms with van der Waals surface area (Å²) < 4.78 is 13.3. The summed E-state index contributed by atoms with van der Waals surface area (Å²) in [4.78, 5) is 13.2. The van der Waals surface area contributed by atoms with E-state index in [1.54, 1.807) is 0 Å². The number of imidazole rings is 1. The number of hydrogen-bond donors (Lipinski definition) is 1. The zero-order valence-corrected chi connectivity index (χ0v) is 5.21. The molecule has 0 atom stereocenters. The molecule has 54 valence electrons. The molecule has 1 rings (SSSR count). The average Bonchev–Trinajstić information content (AvgIpc) is 2.13. The lowest BCUT2D eigenvalue weighted by Crippen LogP contribution is -1.95. The van der Waals surface area contributed by atoms with E-state index in [0.29, 0.717) is 0 Å². The standard InChI is InChI=1S/C5H5FN2O2/c1-8-2-3(4(9)10)7-5(8)6/h2H,1H3,(H,9,10). The van der Waals surface area contributed by atoms with Gasteiger partial charge >= 0.3 is 5.97 Å². The molecular formula is C5H5FN2O2. The maximum atomic E-state index is 12.3. The molecule has 0 fully saturated rings. The van der Waals surface area contributed by atoms with Crippen molar-refractivity contribution in [2.75, 3.05) is 0 Å². The normalized spacial score (nSPS) is 9.80. The highest BCUT2D eigenvalue weighted by Crippen LogP contribution is 1.98. The second-order valence-electron chi connectivity index (χ2n) is 1.81. The summed E-state index contributed by atoms with van der Waals surface area (Å²) in [6.07, 6.45) is 0.315. The maximum absolute atomic E-state index is 12.3. The van der Waals surface area contributed by atoms with Crippen molar-refractivity contribution in [2.45, 2.75) is 0 Å². The van der Waals surface area contributed by atoms with Crippen molar-refractivity contribution in [3.8, 4) is 0 Å². The van der Waals surface area contributed by atoms with Crippen LogP contribution in [-0.2, 0) is 7.05 Å². The van der Waals surface area contributed by atoms with Crippen molar-refractivity contribution in [2.24, 2.45) is 7.05 Å². The minimum atomic E-state index is -1.22. The van der Waals surface area contributed by atoms with E-state index in [1.807, 2.05) is 0 Å². The van der Waals surface area contributed by atoms with E-state index in [0.717, 1.165) is 10.8 Å². The number of carboxylic acids is 1. The molecule has 1 heterocycles. The maximum Gasteiger partial charge on any atom is 0.356 e. The Hall–Kier alpha value is -1.39. The summed E-state index contributed by atoms with van der Waals surface area (Å²) in [6.45, 7) is 0. The molecule has 0 radical (unpaired) electrons. The van der Waals surface area contributed by atoms with Gasteiger partial charge in [0.15, 0.2) is 5.69 Å². The SMILES string of the molecule is Cn1cc(C(=O)O)nc1F. The van der Waals surface area contributed by atoms with Gasteiger partial charge in [0, 0.05) is 13.2 Å². The van der Waals surface area contributed by atoms with E-state index in [4.69, 9.17) is 5.11 Å². The van der Waals surface area contributed by atoms with Crippen LogP contribution in [0.5, 0.6) is 0 Å². The number of carboxylic acid groups (broad SMARTS) is 1. The van der Waals surface area contributed by atoms with E-state index < -0.39 is 12.0 Å². The van der Waals surface area contributed by atoms with Crippen molar-refractivity contribution >= 4 is 5.97 Å². The second kappa shape index (κ2) is 2.09. The first-order valence-corrected chi connectivity index (χ1v) is 2.53. The highest BCUT2D eigenvalue weighted by atomic mass is 19.1. The number of hydrogen-bond acceptors (Lipinski definition) is 2. The first-order chi connectivity index (χ1) is 4.61. The molecule has 5 heteroatoms. The van der Waals surface area contributed by atoms with Crippen LogP contribution in [0.1, 0.15) is 10.5 Å². The fraction of sp³-hybridized carbons (Fsp3) is 0.200. The largest absolute Gasteiger partial charge is 0.476 e. The zero-order chi connectivity index (χ0) is 7.72. The fourth-order valence-electron chi connectivity index (χ4n) is 0.547. The number of aromatic carboxylic acids is 1. The molecule has 0 bridgehead atoms. The van der Waals surface area contributed by atoms with Crippen LogP contribution < -0.4 is 0 Å². The third-order valence-corrected chi connectivity index (χ3v) is 1.04. The van der Waals surface area contributed by atoms with E-state index in [9.17, 15) is 9.18 Å². The molecule has 0 unspecified atom stereocenters. The number of rotatable bonds is 1. The highest BCUT2D eigenvalue weighted by molar-refractivity contribution is 5.84. The van der Waals surface area contributed by atoms with Gasteiger partial charge in [-0.1, -0.05) is 0 Å². The lowest BCUT2D eigenvalue weighted by atomic mass is 10.5. The Morgan fingerprint density at radius 2 is 2.50 bits per heavy atom. The molecule has 0 amide bonds. The van der Waals surface area contributed by atoms with Crippen LogP contribution in [0.15, 0.2) is 6.20 Å². The summed E-state index contributed by atoms with van der Waals surface area (Å²) in [7, 11) is 1.38. The predicted molar refractivity (Wildman–Crippen MR) is 30.1 cm³/mol. The lowest BCUT2D eigenvalue weighted by molar-refractivity contribution is 0.0690. The van der Waals surface area contributed by atoms with E-state index >= 15 is 0 Å². The van der Waals surface area contributed by atoms with E-state index in [2.05, 4.69) is 4.98 Å². The van der Waals surface area contributed by atoms with Crippen LogP contribution in [0.2, 0.25) is 0 Å². The molecule has 0 aliphatic rings. The molecule has 0 saturated heterocycles. The topological polar surface area (TPSA) is 55.1 Å². The first kappa shape index (κ1) is 6.73. The van der Waals surface area contributed by atoms with Gasteiger partial charge in [0.05, 0.1) is 0 Å².